The van der Waals surface area contributed by atoms with E-state index in [0.717, 1.165) is 0 Å². The van der Waals surface area contributed by atoms with Crippen LogP contribution in [0.2, 0.25) is 0 Å². The van der Waals surface area contributed by atoms with Crippen molar-refractivity contribution in [3.05, 3.63) is 0 Å². The van der Waals surface area contributed by atoms with Gasteiger partial charge in [-0.05, 0) is 0 Å². The molecular formula is C21H39NO13. The largest absolute Gasteiger partial charge is 0.480 e. The van der Waals surface area contributed by atoms with Crippen LogP contribution in [0.4, 0.5) is 0 Å². The molecule has 0 atom stereocenters. The molecule has 0 aromatic heterocycles. The Bertz CT molecular complexity index is 521. The Hall–Kier alpha value is -1.91. The van der Waals surface area contributed by atoms with E-state index in [9.17, 15) is 14.4 Å². The van der Waals surface area contributed by atoms with E-state index in [-0.39, 0.29) is 13.2 Å². The molecular weight excluding hydrogens is 474 g/mol. The van der Waals surface area contributed by atoms with E-state index in [2.05, 4.69) is 14.8 Å². The zero-order valence-corrected chi connectivity index (χ0v) is 20.4. The standard InChI is InChI=1S/C21H39NO13/c1-27-21(26)18-34-15-14-33-13-12-32-11-10-31-9-8-30-7-6-29-5-4-28-3-2-22-19(23)16-35-17-20(24)25/h2-18H2,1H3,(H,22,23)(H,24,25). The first kappa shape index (κ1) is 33.1. The van der Waals surface area contributed by atoms with Crippen molar-refractivity contribution in [3.63, 3.8) is 0 Å². The van der Waals surface area contributed by atoms with Crippen molar-refractivity contribution in [1.29, 1.82) is 0 Å². The van der Waals surface area contributed by atoms with Crippen LogP contribution in [0.25, 0.3) is 0 Å². The van der Waals surface area contributed by atoms with E-state index >= 15 is 0 Å². The summed E-state index contributed by atoms with van der Waals surface area (Å²) in [4.78, 5) is 32.3. The summed E-state index contributed by atoms with van der Waals surface area (Å²) in [5.41, 5.74) is 0. The van der Waals surface area contributed by atoms with Gasteiger partial charge in [-0.1, -0.05) is 0 Å². The van der Waals surface area contributed by atoms with Crippen LogP contribution in [-0.4, -0.2) is 142 Å². The van der Waals surface area contributed by atoms with Crippen molar-refractivity contribution in [2.45, 2.75) is 0 Å². The summed E-state index contributed by atoms with van der Waals surface area (Å²) >= 11 is 0. The second kappa shape index (κ2) is 26.7. The topological polar surface area (TPSA) is 167 Å². The van der Waals surface area contributed by atoms with Crippen LogP contribution in [0, 0.1) is 0 Å². The maximum atomic E-state index is 11.3. The number of carbonyl (C=O) groups is 3. The van der Waals surface area contributed by atoms with Gasteiger partial charge in [-0.2, -0.15) is 0 Å². The first-order chi connectivity index (χ1) is 17.1. The summed E-state index contributed by atoms with van der Waals surface area (Å²) in [6.45, 7) is 4.72. The average Bonchev–Trinajstić information content (AvgIpc) is 2.84. The van der Waals surface area contributed by atoms with Gasteiger partial charge in [0.15, 0.2) is 0 Å². The van der Waals surface area contributed by atoms with Gasteiger partial charge in [0.2, 0.25) is 5.91 Å². The third kappa shape index (κ3) is 28.2. The monoisotopic (exact) mass is 513 g/mol. The van der Waals surface area contributed by atoms with Crippen molar-refractivity contribution >= 4 is 17.8 Å². The second-order valence-electron chi connectivity index (χ2n) is 6.54. The van der Waals surface area contributed by atoms with Gasteiger partial charge in [0, 0.05) is 6.54 Å². The highest BCUT2D eigenvalue weighted by molar-refractivity contribution is 5.77. The van der Waals surface area contributed by atoms with Gasteiger partial charge in [0.25, 0.3) is 0 Å². The Labute approximate surface area is 205 Å². The van der Waals surface area contributed by atoms with Gasteiger partial charge in [0.05, 0.1) is 93.0 Å². The zero-order chi connectivity index (χ0) is 25.8. The summed E-state index contributed by atoms with van der Waals surface area (Å²) in [6, 6.07) is 0. The Morgan fingerprint density at radius 1 is 0.543 bits per heavy atom. The molecule has 0 fully saturated rings. The normalized spacial score (nSPS) is 10.9. The lowest BCUT2D eigenvalue weighted by Gasteiger charge is -2.09. The van der Waals surface area contributed by atoms with Crippen LogP contribution in [0.1, 0.15) is 0 Å². The molecule has 206 valence electrons. The highest BCUT2D eigenvalue weighted by Gasteiger charge is 2.03. The van der Waals surface area contributed by atoms with E-state index in [1.165, 1.54) is 7.11 Å². The molecule has 0 saturated heterocycles. The average molecular weight is 514 g/mol. The van der Waals surface area contributed by atoms with Gasteiger partial charge >= 0.3 is 11.9 Å². The molecule has 0 saturated carbocycles. The summed E-state index contributed by atoms with van der Waals surface area (Å²) in [6.07, 6.45) is 0. The number of carbonyl (C=O) groups excluding carboxylic acids is 2. The number of esters is 1. The Kier molecular flexibility index (Phi) is 25.2. The van der Waals surface area contributed by atoms with Crippen molar-refractivity contribution < 1.29 is 62.1 Å². The molecule has 0 aliphatic carbocycles. The van der Waals surface area contributed by atoms with E-state index in [1.54, 1.807) is 0 Å². The Balaban J connectivity index is 3.12. The smallest absolute Gasteiger partial charge is 0.331 e. The van der Waals surface area contributed by atoms with Crippen LogP contribution in [0.5, 0.6) is 0 Å². The minimum absolute atomic E-state index is 0.0822. The molecule has 0 aromatic carbocycles. The van der Waals surface area contributed by atoms with Crippen LogP contribution in [-0.2, 0) is 57.0 Å². The summed E-state index contributed by atoms with van der Waals surface area (Å²) in [5.74, 6) is -1.95. The summed E-state index contributed by atoms with van der Waals surface area (Å²) in [5, 5.41) is 10.9. The van der Waals surface area contributed by atoms with Gasteiger partial charge in [-0.15, -0.1) is 0 Å². The number of nitrogens with one attached hydrogen (secondary N) is 1. The quantitative estimate of drug-likeness (QED) is 0.0962. The number of hydrogen-bond donors (Lipinski definition) is 2. The first-order valence-electron chi connectivity index (χ1n) is 11.2. The molecule has 0 heterocycles. The highest BCUT2D eigenvalue weighted by atomic mass is 16.6. The van der Waals surface area contributed by atoms with Gasteiger partial charge < -0.3 is 53.1 Å². The van der Waals surface area contributed by atoms with Gasteiger partial charge in [0.1, 0.15) is 19.8 Å². The van der Waals surface area contributed by atoms with Gasteiger partial charge in [-0.3, -0.25) is 4.79 Å². The molecule has 0 rings (SSSR count). The number of aliphatic carboxylic acids is 1. The third-order valence-corrected chi connectivity index (χ3v) is 3.71. The minimum Gasteiger partial charge on any atom is -0.480 e. The van der Waals surface area contributed by atoms with Crippen molar-refractivity contribution in [2.24, 2.45) is 0 Å². The molecule has 2 N–H and O–H groups in total. The molecule has 0 spiro atoms. The third-order valence-electron chi connectivity index (χ3n) is 3.71. The van der Waals surface area contributed by atoms with Crippen molar-refractivity contribution in [3.8, 4) is 0 Å². The molecule has 0 radical (unpaired) electrons. The number of carboxylic acid groups (broad SMARTS) is 1. The number of hydrogen-bond acceptors (Lipinski definition) is 12. The molecule has 0 unspecified atom stereocenters. The summed E-state index contributed by atoms with van der Waals surface area (Å²) in [7, 11) is 1.30. The maximum absolute atomic E-state index is 11.3. The molecule has 0 aromatic rings. The molecule has 14 heteroatoms. The SMILES string of the molecule is COC(=O)COCCOCCOCCOCCOCCOCCOCCNC(=O)COCC(=O)O. The lowest BCUT2D eigenvalue weighted by Crippen LogP contribution is -2.31. The summed E-state index contributed by atoms with van der Waals surface area (Å²) < 4.78 is 46.2. The number of ether oxygens (including phenoxy) is 9. The fraction of sp³-hybridized carbons (Fsp3) is 0.857. The van der Waals surface area contributed by atoms with Crippen LogP contribution >= 0.6 is 0 Å². The maximum Gasteiger partial charge on any atom is 0.331 e. The predicted molar refractivity (Wildman–Crippen MR) is 119 cm³/mol. The van der Waals surface area contributed by atoms with Gasteiger partial charge in [-0.25, -0.2) is 9.59 Å². The number of carboxylic acids is 1. The predicted octanol–water partition coefficient (Wildman–Crippen LogP) is -1.51. The molecule has 14 nitrogen and oxygen atoms in total. The van der Waals surface area contributed by atoms with Crippen molar-refractivity contribution in [1.82, 2.24) is 5.32 Å². The van der Waals surface area contributed by atoms with E-state index in [1.807, 2.05) is 0 Å². The van der Waals surface area contributed by atoms with E-state index in [4.69, 9.17) is 38.3 Å². The first-order valence-corrected chi connectivity index (χ1v) is 11.2. The molecule has 1 amide bonds. The van der Waals surface area contributed by atoms with Crippen LogP contribution in [0.15, 0.2) is 0 Å². The fourth-order valence-electron chi connectivity index (χ4n) is 2.08. The lowest BCUT2D eigenvalue weighted by atomic mass is 10.6. The number of amides is 1. The minimum atomic E-state index is -1.13. The van der Waals surface area contributed by atoms with Crippen LogP contribution < -0.4 is 5.32 Å². The van der Waals surface area contributed by atoms with E-state index < -0.39 is 24.5 Å². The zero-order valence-electron chi connectivity index (χ0n) is 20.4. The number of rotatable bonds is 27. The van der Waals surface area contributed by atoms with E-state index in [0.29, 0.717) is 92.4 Å². The molecule has 0 bridgehead atoms. The number of methoxy groups -OCH3 is 1. The Morgan fingerprint density at radius 3 is 1.34 bits per heavy atom. The molecule has 0 aliphatic rings. The fourth-order valence-corrected chi connectivity index (χ4v) is 2.08. The highest BCUT2D eigenvalue weighted by Crippen LogP contribution is 1.86. The Morgan fingerprint density at radius 2 is 0.943 bits per heavy atom. The molecule has 35 heavy (non-hydrogen) atoms. The lowest BCUT2D eigenvalue weighted by molar-refractivity contribution is -0.146. The van der Waals surface area contributed by atoms with Crippen molar-refractivity contribution in [2.75, 3.05) is 119 Å². The molecule has 0 aliphatic heterocycles. The second-order valence-corrected chi connectivity index (χ2v) is 6.54. The van der Waals surface area contributed by atoms with Crippen LogP contribution in [0.3, 0.4) is 0 Å².